The Bertz CT molecular complexity index is 1270. The van der Waals surface area contributed by atoms with E-state index in [0.29, 0.717) is 6.42 Å². The Morgan fingerprint density at radius 1 is 0.833 bits per heavy atom. The number of rotatable bonds is 4. The van der Waals surface area contributed by atoms with Gasteiger partial charge >= 0.3 is 5.97 Å². The molecule has 4 aromatic rings. The molecule has 3 nitrogen and oxygen atoms in total. The fourth-order valence-electron chi connectivity index (χ4n) is 4.41. The molecule has 1 aliphatic rings. The van der Waals surface area contributed by atoms with Crippen LogP contribution in [0.3, 0.4) is 0 Å². The number of carboxylic acids is 1. The van der Waals surface area contributed by atoms with Crippen LogP contribution in [0.25, 0.3) is 22.3 Å². The van der Waals surface area contributed by atoms with Crippen molar-refractivity contribution >= 4 is 5.97 Å². The Morgan fingerprint density at radius 3 is 2.43 bits per heavy atom. The van der Waals surface area contributed by atoms with Crippen LogP contribution in [0.1, 0.15) is 32.6 Å². The summed E-state index contributed by atoms with van der Waals surface area (Å²) in [7, 11) is 0. The summed E-state index contributed by atoms with van der Waals surface area (Å²) in [6, 6.07) is 27.2. The van der Waals surface area contributed by atoms with Gasteiger partial charge in [-0.2, -0.15) is 0 Å². The minimum atomic E-state index is -0.923. The third-order valence-electron chi connectivity index (χ3n) is 5.80. The molecule has 146 valence electrons. The molecule has 0 unspecified atom stereocenters. The molecule has 3 heteroatoms. The van der Waals surface area contributed by atoms with Crippen molar-refractivity contribution in [3.8, 4) is 28.0 Å². The molecule has 4 aromatic carbocycles. The lowest BCUT2D eigenvalue weighted by molar-refractivity contribution is 0.0697. The molecule has 2 N–H and O–H groups in total. The average Bonchev–Trinajstić information content (AvgIpc) is 3.14. The van der Waals surface area contributed by atoms with Crippen LogP contribution in [0.5, 0.6) is 5.75 Å². The number of carboxylic acid groups (broad SMARTS) is 1. The van der Waals surface area contributed by atoms with Gasteiger partial charge in [-0.15, -0.1) is 0 Å². The molecular weight excluding hydrogens is 372 g/mol. The number of hydrogen-bond donors (Lipinski definition) is 2. The highest BCUT2D eigenvalue weighted by atomic mass is 16.4. The first-order valence-corrected chi connectivity index (χ1v) is 9.95. The monoisotopic (exact) mass is 392 g/mol. The largest absolute Gasteiger partial charge is 0.508 e. The number of hydrogen-bond acceptors (Lipinski definition) is 2. The number of benzene rings is 4. The second-order valence-corrected chi connectivity index (χ2v) is 7.69. The lowest BCUT2D eigenvalue weighted by Crippen LogP contribution is -2.00. The van der Waals surface area contributed by atoms with Gasteiger partial charge in [-0.25, -0.2) is 4.79 Å². The normalized spacial score (nSPS) is 11.7. The van der Waals surface area contributed by atoms with Crippen molar-refractivity contribution in [1.29, 1.82) is 0 Å². The minimum Gasteiger partial charge on any atom is -0.508 e. The maximum Gasteiger partial charge on any atom is 0.335 e. The Hall–Kier alpha value is -3.85. The number of phenols is 1. The van der Waals surface area contributed by atoms with E-state index in [4.69, 9.17) is 0 Å². The van der Waals surface area contributed by atoms with Gasteiger partial charge in [0.05, 0.1) is 5.56 Å². The highest BCUT2D eigenvalue weighted by molar-refractivity contribution is 5.92. The Balaban J connectivity index is 1.70. The van der Waals surface area contributed by atoms with Crippen LogP contribution in [-0.2, 0) is 12.8 Å². The minimum absolute atomic E-state index is 0.248. The Labute approximate surface area is 174 Å². The Morgan fingerprint density at radius 2 is 1.63 bits per heavy atom. The molecule has 0 saturated heterocycles. The third-order valence-corrected chi connectivity index (χ3v) is 5.80. The summed E-state index contributed by atoms with van der Waals surface area (Å²) >= 11 is 0. The molecule has 0 fully saturated rings. The zero-order valence-electron chi connectivity index (χ0n) is 16.3. The molecule has 5 rings (SSSR count). The maximum atomic E-state index is 11.6. The first-order chi connectivity index (χ1) is 14.6. The van der Waals surface area contributed by atoms with Crippen molar-refractivity contribution in [2.45, 2.75) is 12.8 Å². The van der Waals surface area contributed by atoms with Crippen LogP contribution in [0, 0.1) is 0 Å². The van der Waals surface area contributed by atoms with Crippen molar-refractivity contribution in [3.05, 3.63) is 113 Å². The quantitative estimate of drug-likeness (QED) is 0.399. The first-order valence-electron chi connectivity index (χ1n) is 9.95. The summed E-state index contributed by atoms with van der Waals surface area (Å²) < 4.78 is 0. The molecule has 0 bridgehead atoms. The maximum absolute atomic E-state index is 11.6. The van der Waals surface area contributed by atoms with Gasteiger partial charge in [0.25, 0.3) is 0 Å². The van der Waals surface area contributed by atoms with E-state index in [-0.39, 0.29) is 11.3 Å². The van der Waals surface area contributed by atoms with Gasteiger partial charge in [-0.3, -0.25) is 0 Å². The van der Waals surface area contributed by atoms with Crippen molar-refractivity contribution in [2.24, 2.45) is 0 Å². The highest BCUT2D eigenvalue weighted by Crippen LogP contribution is 2.43. The molecule has 0 aliphatic heterocycles. The van der Waals surface area contributed by atoms with Crippen LogP contribution >= 0.6 is 0 Å². The van der Waals surface area contributed by atoms with Crippen LogP contribution in [0.4, 0.5) is 0 Å². The van der Waals surface area contributed by atoms with Gasteiger partial charge in [-0.05, 0) is 81.6 Å². The lowest BCUT2D eigenvalue weighted by atomic mass is 9.88. The van der Waals surface area contributed by atoms with Gasteiger partial charge in [0, 0.05) is 0 Å². The predicted molar refractivity (Wildman–Crippen MR) is 118 cm³/mol. The van der Waals surface area contributed by atoms with Gasteiger partial charge in [0.1, 0.15) is 5.75 Å². The molecule has 0 heterocycles. The molecule has 0 aromatic heterocycles. The van der Waals surface area contributed by atoms with Crippen molar-refractivity contribution < 1.29 is 15.0 Å². The van der Waals surface area contributed by atoms with E-state index in [1.165, 1.54) is 22.3 Å². The molecule has 0 saturated carbocycles. The van der Waals surface area contributed by atoms with Crippen molar-refractivity contribution in [2.75, 3.05) is 0 Å². The molecule has 0 radical (unpaired) electrons. The molecule has 0 spiro atoms. The van der Waals surface area contributed by atoms with Crippen LogP contribution in [-0.4, -0.2) is 16.2 Å². The van der Waals surface area contributed by atoms with Crippen molar-refractivity contribution in [1.82, 2.24) is 0 Å². The number of aromatic carboxylic acids is 1. The van der Waals surface area contributed by atoms with Gasteiger partial charge in [0.2, 0.25) is 0 Å². The van der Waals surface area contributed by atoms with Crippen LogP contribution in [0.15, 0.2) is 84.9 Å². The summed E-state index contributed by atoms with van der Waals surface area (Å²) in [6.07, 6.45) is 1.54. The standard InChI is InChI=1S/C27H20O3/c28-22-11-8-17(9-12-22)14-20-10-13-24-23-7-2-1-4-18(23)16-25(24)26(20)19-5-3-6-21(15-19)27(29)30/h1-13,15,28H,14,16H2,(H,29,30). The lowest BCUT2D eigenvalue weighted by Gasteiger charge is -2.16. The van der Waals surface area contributed by atoms with E-state index < -0.39 is 5.97 Å². The van der Waals surface area contributed by atoms with Gasteiger partial charge in [-0.1, -0.05) is 60.7 Å². The molecule has 0 atom stereocenters. The fourth-order valence-corrected chi connectivity index (χ4v) is 4.41. The van der Waals surface area contributed by atoms with E-state index in [0.717, 1.165) is 28.7 Å². The molecule has 0 amide bonds. The van der Waals surface area contributed by atoms with E-state index in [2.05, 4.69) is 36.4 Å². The van der Waals surface area contributed by atoms with E-state index in [1.54, 1.807) is 24.3 Å². The molecule has 30 heavy (non-hydrogen) atoms. The summed E-state index contributed by atoms with van der Waals surface area (Å²) in [5, 5.41) is 19.1. The number of aromatic hydroxyl groups is 1. The SMILES string of the molecule is O=C(O)c1cccc(-c2c(Cc3ccc(O)cc3)ccc3c2Cc2ccccc2-3)c1. The fraction of sp³-hybridized carbons (Fsp3) is 0.0741. The predicted octanol–water partition coefficient (Wildman–Crippen LogP) is 5.92. The van der Waals surface area contributed by atoms with E-state index >= 15 is 0 Å². The van der Waals surface area contributed by atoms with E-state index in [1.807, 2.05) is 24.3 Å². The highest BCUT2D eigenvalue weighted by Gasteiger charge is 2.24. The number of phenolic OH excluding ortho intramolecular Hbond substituents is 1. The number of fused-ring (bicyclic) bond motifs is 3. The van der Waals surface area contributed by atoms with Crippen molar-refractivity contribution in [3.63, 3.8) is 0 Å². The molecular formula is C27H20O3. The number of carbonyl (C=O) groups is 1. The van der Waals surface area contributed by atoms with Gasteiger partial charge < -0.3 is 10.2 Å². The Kier molecular flexibility index (Phi) is 4.36. The zero-order chi connectivity index (χ0) is 20.7. The topological polar surface area (TPSA) is 57.5 Å². The summed E-state index contributed by atoms with van der Waals surface area (Å²) in [5.41, 5.74) is 9.58. The average molecular weight is 392 g/mol. The van der Waals surface area contributed by atoms with Crippen LogP contribution in [0.2, 0.25) is 0 Å². The van der Waals surface area contributed by atoms with Gasteiger partial charge in [0.15, 0.2) is 0 Å². The first kappa shape index (κ1) is 18.2. The summed E-state index contributed by atoms with van der Waals surface area (Å²) in [5.74, 6) is -0.676. The summed E-state index contributed by atoms with van der Waals surface area (Å²) in [6.45, 7) is 0. The molecule has 1 aliphatic carbocycles. The second-order valence-electron chi connectivity index (χ2n) is 7.69. The smallest absolute Gasteiger partial charge is 0.335 e. The third kappa shape index (κ3) is 3.15. The summed E-state index contributed by atoms with van der Waals surface area (Å²) in [4.78, 5) is 11.6. The zero-order valence-corrected chi connectivity index (χ0v) is 16.3. The van der Waals surface area contributed by atoms with E-state index in [9.17, 15) is 15.0 Å². The second kappa shape index (κ2) is 7.20. The van der Waals surface area contributed by atoms with Crippen LogP contribution < -0.4 is 0 Å².